The van der Waals surface area contributed by atoms with Crippen molar-refractivity contribution in [2.24, 2.45) is 0 Å². The molecule has 23 heavy (non-hydrogen) atoms. The van der Waals surface area contributed by atoms with E-state index in [4.69, 9.17) is 0 Å². The van der Waals surface area contributed by atoms with Gasteiger partial charge < -0.3 is 4.74 Å². The van der Waals surface area contributed by atoms with Crippen molar-refractivity contribution in [3.63, 3.8) is 0 Å². The highest BCUT2D eigenvalue weighted by Crippen LogP contribution is 2.46. The monoisotopic (exact) mass is 354 g/mol. The zero-order valence-electron chi connectivity index (χ0n) is 11.1. The van der Waals surface area contributed by atoms with E-state index < -0.39 is 47.8 Å². The van der Waals surface area contributed by atoms with Gasteiger partial charge in [-0.15, -0.1) is 0 Å². The second-order valence-electron chi connectivity index (χ2n) is 4.41. The van der Waals surface area contributed by atoms with Gasteiger partial charge in [0.25, 0.3) is 0 Å². The van der Waals surface area contributed by atoms with Gasteiger partial charge >= 0.3 is 24.0 Å². The first-order valence-corrected chi connectivity index (χ1v) is 5.66. The summed E-state index contributed by atoms with van der Waals surface area (Å²) in [5.74, 6) is -17.5. The molecule has 0 bridgehead atoms. The fourth-order valence-corrected chi connectivity index (χ4v) is 1.37. The van der Waals surface area contributed by atoms with Crippen molar-refractivity contribution in [1.82, 2.24) is 0 Å². The van der Waals surface area contributed by atoms with Crippen LogP contribution in [0, 0.1) is 18.6 Å². The van der Waals surface area contributed by atoms with Crippen molar-refractivity contribution >= 4 is 5.97 Å². The number of alkyl halides is 7. The van der Waals surface area contributed by atoms with Gasteiger partial charge in [0.1, 0.15) is 17.2 Å². The molecule has 0 fully saturated rings. The normalized spacial score (nSPS) is 13.1. The Kier molecular flexibility index (Phi) is 4.93. The first-order valence-electron chi connectivity index (χ1n) is 5.66. The van der Waals surface area contributed by atoms with Gasteiger partial charge in [-0.1, -0.05) is 6.07 Å². The Bertz CT molecular complexity index is 607. The first-order chi connectivity index (χ1) is 10.2. The summed E-state index contributed by atoms with van der Waals surface area (Å²) in [6.07, 6.45) is -6.61. The van der Waals surface area contributed by atoms with Crippen LogP contribution >= 0.6 is 0 Å². The second kappa shape index (κ2) is 5.93. The van der Waals surface area contributed by atoms with Gasteiger partial charge in [-0.3, -0.25) is 0 Å². The number of esters is 1. The van der Waals surface area contributed by atoms with Crippen LogP contribution < -0.4 is 0 Å². The molecule has 11 heteroatoms. The lowest BCUT2D eigenvalue weighted by atomic mass is 10.1. The Morgan fingerprint density at radius 3 is 2.04 bits per heavy atom. The maximum atomic E-state index is 13.5. The summed E-state index contributed by atoms with van der Waals surface area (Å²) in [4.78, 5) is 11.3. The first kappa shape index (κ1) is 19.1. The van der Waals surface area contributed by atoms with Crippen LogP contribution in [-0.2, 0) is 4.74 Å². The molecule has 0 spiro atoms. The molecule has 0 aliphatic rings. The molecule has 0 N–H and O–H groups in total. The molecule has 2 nitrogen and oxygen atoms in total. The summed E-state index contributed by atoms with van der Waals surface area (Å²) in [6.45, 7) is -1.65. The highest BCUT2D eigenvalue weighted by molar-refractivity contribution is 5.90. The highest BCUT2D eigenvalue weighted by Gasteiger charge is 2.73. The lowest BCUT2D eigenvalue weighted by Gasteiger charge is -2.27. The van der Waals surface area contributed by atoms with E-state index in [0.717, 1.165) is 13.0 Å². The van der Waals surface area contributed by atoms with Crippen molar-refractivity contribution in [2.75, 3.05) is 6.61 Å². The number of carbonyl (C=O) groups is 1. The van der Waals surface area contributed by atoms with Crippen molar-refractivity contribution < 1.29 is 49.0 Å². The fourth-order valence-electron chi connectivity index (χ4n) is 1.37. The van der Waals surface area contributed by atoms with Gasteiger partial charge in [0.15, 0.2) is 6.61 Å². The predicted octanol–water partition coefficient (Wildman–Crippen LogP) is 4.26. The van der Waals surface area contributed by atoms with E-state index >= 15 is 0 Å². The summed E-state index contributed by atoms with van der Waals surface area (Å²) in [5.41, 5.74) is -1.78. The summed E-state index contributed by atoms with van der Waals surface area (Å²) in [7, 11) is 0. The van der Waals surface area contributed by atoms with E-state index in [9.17, 15) is 44.3 Å². The second-order valence-corrected chi connectivity index (χ2v) is 4.41. The zero-order chi connectivity index (χ0) is 18.2. The smallest absolute Gasteiger partial charge is 0.455 e. The van der Waals surface area contributed by atoms with Gasteiger partial charge in [0.2, 0.25) is 0 Å². The Morgan fingerprint density at radius 2 is 1.57 bits per heavy atom. The minimum atomic E-state index is -6.61. The van der Waals surface area contributed by atoms with Gasteiger partial charge in [0, 0.05) is 0 Å². The number of ether oxygens (including phenoxy) is 1. The number of aryl methyl sites for hydroxylation is 1. The van der Waals surface area contributed by atoms with Crippen LogP contribution in [0.2, 0.25) is 0 Å². The molecular weight excluding hydrogens is 347 g/mol. The summed E-state index contributed by atoms with van der Waals surface area (Å²) >= 11 is 0. The van der Waals surface area contributed by atoms with Crippen LogP contribution in [0.15, 0.2) is 12.1 Å². The molecule has 1 aromatic rings. The Labute approximate surface area is 122 Å². The van der Waals surface area contributed by atoms with Crippen molar-refractivity contribution in [3.8, 4) is 0 Å². The SMILES string of the molecule is Cc1ccc(F)c(C(=O)OCC(F)(F)C(F)(F)C(F)(F)F)c1F. The molecule has 0 saturated heterocycles. The molecule has 0 amide bonds. The Hall–Kier alpha value is -1.94. The van der Waals surface area contributed by atoms with Crippen LogP contribution in [0.25, 0.3) is 0 Å². The Balaban J connectivity index is 2.99. The third kappa shape index (κ3) is 3.53. The van der Waals surface area contributed by atoms with E-state index in [-0.39, 0.29) is 5.56 Å². The van der Waals surface area contributed by atoms with E-state index in [0.29, 0.717) is 6.07 Å². The van der Waals surface area contributed by atoms with Crippen LogP contribution in [0.5, 0.6) is 0 Å². The average Bonchev–Trinajstić information content (AvgIpc) is 2.40. The van der Waals surface area contributed by atoms with Crippen LogP contribution in [0.1, 0.15) is 15.9 Å². The summed E-state index contributed by atoms with van der Waals surface area (Å²) in [5, 5.41) is 0. The third-order valence-electron chi connectivity index (χ3n) is 2.69. The third-order valence-corrected chi connectivity index (χ3v) is 2.69. The molecule has 0 atom stereocenters. The van der Waals surface area contributed by atoms with E-state index in [2.05, 4.69) is 4.74 Å². The number of hydrogen-bond acceptors (Lipinski definition) is 2. The van der Waals surface area contributed by atoms with Crippen molar-refractivity contribution in [3.05, 3.63) is 34.9 Å². The van der Waals surface area contributed by atoms with E-state index in [1.165, 1.54) is 0 Å². The minimum Gasteiger partial charge on any atom is -0.455 e. The quantitative estimate of drug-likeness (QED) is 0.597. The molecule has 0 heterocycles. The fraction of sp³-hybridized carbons (Fsp3) is 0.417. The molecule has 0 aliphatic heterocycles. The highest BCUT2D eigenvalue weighted by atomic mass is 19.4. The van der Waals surface area contributed by atoms with Crippen LogP contribution in [0.3, 0.4) is 0 Å². The number of hydrogen-bond donors (Lipinski definition) is 0. The van der Waals surface area contributed by atoms with Crippen LogP contribution in [0.4, 0.5) is 39.5 Å². The standard InChI is InChI=1S/C12H7F9O2/c1-5-2-3-6(13)7(8(5)14)9(22)23-4-10(15,16)11(17,18)12(19,20)21/h2-3H,4H2,1H3. The molecular formula is C12H7F9O2. The molecule has 0 unspecified atom stereocenters. The molecule has 0 aromatic heterocycles. The van der Waals surface area contributed by atoms with Gasteiger partial charge in [-0.25, -0.2) is 13.6 Å². The minimum absolute atomic E-state index is 0.300. The number of benzene rings is 1. The maximum Gasteiger partial charge on any atom is 0.460 e. The largest absolute Gasteiger partial charge is 0.460 e. The van der Waals surface area contributed by atoms with Gasteiger partial charge in [0.05, 0.1) is 0 Å². The zero-order valence-corrected chi connectivity index (χ0v) is 11.1. The topological polar surface area (TPSA) is 26.3 Å². The van der Waals surface area contributed by atoms with E-state index in [1.54, 1.807) is 0 Å². The molecule has 0 radical (unpaired) electrons. The van der Waals surface area contributed by atoms with Gasteiger partial charge in [-0.2, -0.15) is 30.7 Å². The summed E-state index contributed by atoms with van der Waals surface area (Å²) < 4.78 is 117. The summed E-state index contributed by atoms with van der Waals surface area (Å²) in [6, 6.07) is 1.45. The van der Waals surface area contributed by atoms with Crippen molar-refractivity contribution in [1.29, 1.82) is 0 Å². The van der Waals surface area contributed by atoms with Crippen LogP contribution in [-0.4, -0.2) is 30.6 Å². The number of halogens is 9. The molecule has 130 valence electrons. The van der Waals surface area contributed by atoms with E-state index in [1.807, 2.05) is 0 Å². The molecule has 0 saturated carbocycles. The lowest BCUT2D eigenvalue weighted by molar-refractivity contribution is -0.359. The maximum absolute atomic E-state index is 13.5. The average molecular weight is 354 g/mol. The molecule has 0 aliphatic carbocycles. The van der Waals surface area contributed by atoms with Gasteiger partial charge in [-0.05, 0) is 18.6 Å². The molecule has 1 rings (SSSR count). The molecule has 1 aromatic carbocycles. The number of rotatable bonds is 4. The van der Waals surface area contributed by atoms with Crippen molar-refractivity contribution in [2.45, 2.75) is 24.9 Å². The Morgan fingerprint density at radius 1 is 1.04 bits per heavy atom. The lowest BCUT2D eigenvalue weighted by Crippen LogP contribution is -2.54. The predicted molar refractivity (Wildman–Crippen MR) is 57.3 cm³/mol. The number of carbonyl (C=O) groups excluding carboxylic acids is 1.